The number of halogens is 1. The summed E-state index contributed by atoms with van der Waals surface area (Å²) in [6.45, 7) is 2.47. The summed E-state index contributed by atoms with van der Waals surface area (Å²) in [7, 11) is 1.65. The molecule has 0 amide bonds. The topological polar surface area (TPSA) is 51.2 Å². The molecule has 1 saturated heterocycles. The molecule has 2 aromatic rings. The van der Waals surface area contributed by atoms with Gasteiger partial charge in [0.15, 0.2) is 11.5 Å². The van der Waals surface area contributed by atoms with E-state index in [-0.39, 0.29) is 30.7 Å². The van der Waals surface area contributed by atoms with Gasteiger partial charge in [0.2, 0.25) is 0 Å². The highest BCUT2D eigenvalue weighted by Gasteiger charge is 2.34. The third-order valence-electron chi connectivity index (χ3n) is 6.24. The van der Waals surface area contributed by atoms with E-state index >= 15 is 0 Å². The van der Waals surface area contributed by atoms with Crippen molar-refractivity contribution in [3.8, 4) is 11.5 Å². The van der Waals surface area contributed by atoms with Gasteiger partial charge in [-0.25, -0.2) is 0 Å². The smallest absolute Gasteiger partial charge is 0.161 e. The Morgan fingerprint density at radius 2 is 1.91 bits per heavy atom. The fourth-order valence-corrected chi connectivity index (χ4v) is 4.50. The van der Waals surface area contributed by atoms with Crippen LogP contribution < -0.4 is 9.47 Å². The van der Waals surface area contributed by atoms with Gasteiger partial charge in [-0.1, -0.05) is 49.2 Å². The molecular formula is C26H36ClNO4. The fraction of sp³-hybridized carbons (Fsp3) is 0.538. The van der Waals surface area contributed by atoms with E-state index < -0.39 is 6.37 Å². The van der Waals surface area contributed by atoms with E-state index in [1.165, 1.54) is 0 Å². The highest BCUT2D eigenvalue weighted by molar-refractivity contribution is 5.85. The van der Waals surface area contributed by atoms with Crippen LogP contribution in [-0.4, -0.2) is 55.1 Å². The van der Waals surface area contributed by atoms with Gasteiger partial charge in [0.25, 0.3) is 0 Å². The van der Waals surface area contributed by atoms with Crippen molar-refractivity contribution in [3.05, 3.63) is 59.7 Å². The quantitative estimate of drug-likeness (QED) is 0.587. The zero-order chi connectivity index (χ0) is 23.3. The zero-order valence-corrected chi connectivity index (χ0v) is 19.6. The number of ether oxygens (including phenoxy) is 3. The summed E-state index contributed by atoms with van der Waals surface area (Å²) in [4.78, 5) is 2.22. The van der Waals surface area contributed by atoms with Crippen LogP contribution in [-0.2, 0) is 17.8 Å². The highest BCUT2D eigenvalue weighted by atomic mass is 35.5. The summed E-state index contributed by atoms with van der Waals surface area (Å²) in [6.07, 6.45) is 1.71. The van der Waals surface area contributed by atoms with E-state index in [0.29, 0.717) is 50.5 Å². The van der Waals surface area contributed by atoms with Crippen molar-refractivity contribution in [3.63, 3.8) is 0 Å². The van der Waals surface area contributed by atoms with Gasteiger partial charge in [0.05, 0.1) is 25.9 Å². The maximum absolute atomic E-state index is 9.95. The number of aliphatic hydroxyl groups excluding tert-OH is 1. The SMILES string of the molecule is Cl.[2H]C1([2H])CCC(OCCc2ccc(OCc3ccccc3)c(OC)c2)[C@H](N2CC[C@@H](O)C2)C1. The predicted octanol–water partition coefficient (Wildman–Crippen LogP) is 4.63. The van der Waals surface area contributed by atoms with E-state index in [2.05, 4.69) is 4.90 Å². The molecular weight excluding hydrogens is 426 g/mol. The van der Waals surface area contributed by atoms with Crippen LogP contribution in [0.3, 0.4) is 0 Å². The number of benzene rings is 2. The normalized spacial score (nSPS) is 26.0. The maximum Gasteiger partial charge on any atom is 0.161 e. The van der Waals surface area contributed by atoms with Crippen molar-refractivity contribution < 1.29 is 22.1 Å². The number of rotatable bonds is 9. The number of nitrogens with zero attached hydrogens (tertiary/aromatic N) is 1. The summed E-state index contributed by atoms with van der Waals surface area (Å²) >= 11 is 0. The lowest BCUT2D eigenvalue weighted by molar-refractivity contribution is -0.0316. The van der Waals surface area contributed by atoms with E-state index in [1.54, 1.807) is 7.11 Å². The summed E-state index contributed by atoms with van der Waals surface area (Å²) in [5.74, 6) is 1.42. The van der Waals surface area contributed by atoms with Crippen molar-refractivity contribution in [1.82, 2.24) is 4.90 Å². The lowest BCUT2D eigenvalue weighted by atomic mass is 9.91. The molecule has 6 heteroatoms. The summed E-state index contributed by atoms with van der Waals surface area (Å²) in [6, 6.07) is 16.1. The van der Waals surface area contributed by atoms with Gasteiger partial charge in [-0.2, -0.15) is 0 Å². The molecule has 4 rings (SSSR count). The molecule has 3 atom stereocenters. The van der Waals surface area contributed by atoms with E-state index in [1.807, 2.05) is 48.5 Å². The van der Waals surface area contributed by atoms with Gasteiger partial charge < -0.3 is 19.3 Å². The Hall–Kier alpha value is -1.79. The molecule has 1 saturated carbocycles. The highest BCUT2D eigenvalue weighted by Crippen LogP contribution is 2.30. The second-order valence-electron chi connectivity index (χ2n) is 8.42. The Morgan fingerprint density at radius 3 is 2.66 bits per heavy atom. The zero-order valence-electron chi connectivity index (χ0n) is 20.7. The van der Waals surface area contributed by atoms with Crippen molar-refractivity contribution in [2.75, 3.05) is 26.8 Å². The predicted molar refractivity (Wildman–Crippen MR) is 129 cm³/mol. The minimum Gasteiger partial charge on any atom is -0.493 e. The minimum atomic E-state index is -1.17. The van der Waals surface area contributed by atoms with Crippen LogP contribution in [0.25, 0.3) is 0 Å². The van der Waals surface area contributed by atoms with Gasteiger partial charge in [-0.15, -0.1) is 12.4 Å². The average molecular weight is 464 g/mol. The molecule has 1 heterocycles. The molecule has 0 radical (unpaired) electrons. The summed E-state index contributed by atoms with van der Waals surface area (Å²) in [5, 5.41) is 9.95. The monoisotopic (exact) mass is 463 g/mol. The van der Waals surface area contributed by atoms with Crippen LogP contribution in [0, 0.1) is 0 Å². The first-order chi connectivity index (χ1) is 15.9. The van der Waals surface area contributed by atoms with Crippen molar-refractivity contribution in [2.45, 2.75) is 63.3 Å². The van der Waals surface area contributed by atoms with Crippen molar-refractivity contribution >= 4 is 12.4 Å². The standard InChI is InChI=1S/C26H35NO4.ClH/c1-29-26-17-20(11-12-25(26)31-19-21-7-3-2-4-8-21)14-16-30-24-10-6-5-9-23(24)27-15-13-22(28)18-27;/h2-4,7-8,11-12,17,22-24,28H,5-6,9-10,13-16,18-19H2,1H3;1H/t22-,23-,24?;/m1./s1/i5D2;. The fourth-order valence-electron chi connectivity index (χ4n) is 4.50. The molecule has 0 aromatic heterocycles. The number of β-amino-alcohol motifs (C(OH)–C–C–N with tert-alkyl or cyclic N) is 1. The number of methoxy groups -OCH3 is 1. The molecule has 1 N–H and O–H groups in total. The van der Waals surface area contributed by atoms with Crippen LogP contribution in [0.15, 0.2) is 48.5 Å². The second kappa shape index (κ2) is 12.4. The number of aliphatic hydroxyl groups is 1. The molecule has 1 unspecified atom stereocenters. The summed E-state index contributed by atoms with van der Waals surface area (Å²) in [5.41, 5.74) is 2.21. The molecule has 2 aromatic carbocycles. The molecule has 2 aliphatic rings. The lowest BCUT2D eigenvalue weighted by Gasteiger charge is -2.37. The van der Waals surface area contributed by atoms with Crippen molar-refractivity contribution in [1.29, 1.82) is 0 Å². The Kier molecular flexibility index (Phi) is 8.57. The van der Waals surface area contributed by atoms with Gasteiger partial charge >= 0.3 is 0 Å². The van der Waals surface area contributed by atoms with Gasteiger partial charge in [0.1, 0.15) is 6.61 Å². The first-order valence-corrected chi connectivity index (χ1v) is 11.3. The summed E-state index contributed by atoms with van der Waals surface area (Å²) < 4.78 is 34.2. The molecule has 1 aliphatic heterocycles. The lowest BCUT2D eigenvalue weighted by Crippen LogP contribution is -2.46. The van der Waals surface area contributed by atoms with Crippen LogP contribution in [0.1, 0.15) is 45.9 Å². The average Bonchev–Trinajstić information content (AvgIpc) is 3.25. The van der Waals surface area contributed by atoms with E-state index in [9.17, 15) is 5.11 Å². The Morgan fingerprint density at radius 1 is 1.06 bits per heavy atom. The first kappa shape index (κ1) is 22.0. The molecule has 5 nitrogen and oxygen atoms in total. The van der Waals surface area contributed by atoms with Crippen LogP contribution >= 0.6 is 12.4 Å². The van der Waals surface area contributed by atoms with Crippen LogP contribution in [0.2, 0.25) is 0 Å². The number of likely N-dealkylation sites (tertiary alicyclic amines) is 1. The molecule has 32 heavy (non-hydrogen) atoms. The number of hydrogen-bond acceptors (Lipinski definition) is 5. The Labute approximate surface area is 200 Å². The van der Waals surface area contributed by atoms with Crippen molar-refractivity contribution in [2.24, 2.45) is 0 Å². The molecule has 2 fully saturated rings. The third-order valence-corrected chi connectivity index (χ3v) is 6.24. The van der Waals surface area contributed by atoms with E-state index in [0.717, 1.165) is 30.5 Å². The van der Waals surface area contributed by atoms with E-state index in [4.69, 9.17) is 17.0 Å². The molecule has 176 valence electrons. The maximum atomic E-state index is 9.95. The second-order valence-corrected chi connectivity index (χ2v) is 8.42. The first-order valence-electron chi connectivity index (χ1n) is 12.3. The number of hydrogen-bond donors (Lipinski definition) is 1. The van der Waals surface area contributed by atoms with Gasteiger partial charge in [-0.05, 0) is 48.9 Å². The van der Waals surface area contributed by atoms with Gasteiger partial charge in [-0.3, -0.25) is 4.90 Å². The van der Waals surface area contributed by atoms with Crippen LogP contribution in [0.4, 0.5) is 0 Å². The third kappa shape index (κ3) is 6.61. The molecule has 1 aliphatic carbocycles. The Balaban J connectivity index is 0.00000324. The minimum absolute atomic E-state index is 0. The Bertz CT molecular complexity index is 902. The van der Waals surface area contributed by atoms with Gasteiger partial charge in [0, 0.05) is 21.9 Å². The molecule has 0 bridgehead atoms. The van der Waals surface area contributed by atoms with Crippen LogP contribution in [0.5, 0.6) is 11.5 Å². The molecule has 0 spiro atoms. The largest absolute Gasteiger partial charge is 0.493 e.